The maximum Gasteiger partial charge on any atom is 0.329 e. The van der Waals surface area contributed by atoms with Gasteiger partial charge in [0, 0.05) is 5.39 Å². The van der Waals surface area contributed by atoms with Gasteiger partial charge >= 0.3 is 5.97 Å². The van der Waals surface area contributed by atoms with E-state index in [1.54, 1.807) is 18.2 Å². The Balaban J connectivity index is 1.91. The molecule has 2 atom stereocenters. The van der Waals surface area contributed by atoms with E-state index >= 15 is 0 Å². The Hall–Kier alpha value is -2.74. The second kappa shape index (κ2) is 8.97. The predicted octanol–water partition coefficient (Wildman–Crippen LogP) is 3.76. The minimum absolute atomic E-state index is 0.213. The van der Waals surface area contributed by atoms with Crippen LogP contribution in [0.2, 0.25) is 0 Å². The molecule has 0 fully saturated rings. The van der Waals surface area contributed by atoms with Crippen molar-refractivity contribution >= 4 is 33.7 Å². The van der Waals surface area contributed by atoms with Crippen LogP contribution in [0.4, 0.5) is 5.69 Å². The van der Waals surface area contributed by atoms with Crippen molar-refractivity contribution in [2.24, 2.45) is 0 Å². The lowest BCUT2D eigenvalue weighted by Gasteiger charge is -2.28. The molecule has 0 aliphatic heterocycles. The number of anilines is 1. The van der Waals surface area contributed by atoms with E-state index in [0.29, 0.717) is 11.1 Å². The normalized spacial score (nSPS) is 13.2. The van der Waals surface area contributed by atoms with E-state index in [2.05, 4.69) is 0 Å². The van der Waals surface area contributed by atoms with Crippen LogP contribution in [0.5, 0.6) is 0 Å². The number of fused-ring (bicyclic) bond motifs is 1. The highest BCUT2D eigenvalue weighted by atomic mass is 32.2. The summed E-state index contributed by atoms with van der Waals surface area (Å²) in [6.07, 6.45) is 0. The summed E-state index contributed by atoms with van der Waals surface area (Å²) >= 11 is -2.54. The number of hydrogen-bond donors (Lipinski definition) is 2. The third-order valence-corrected chi connectivity index (χ3v) is 5.27. The number of carboxylic acids is 1. The Kier molecular flexibility index (Phi) is 6.41. The number of benzene rings is 3. The Labute approximate surface area is 165 Å². The first kappa shape index (κ1) is 20.0. The molecular formula is C21H21NO5S. The summed E-state index contributed by atoms with van der Waals surface area (Å²) in [6.45, 7) is 1.91. The second-order valence-electron chi connectivity index (χ2n) is 6.36. The van der Waals surface area contributed by atoms with Crippen molar-refractivity contribution in [3.05, 3.63) is 77.9 Å². The average Bonchev–Trinajstić information content (AvgIpc) is 2.69. The number of ether oxygens (including phenoxy) is 1. The van der Waals surface area contributed by atoms with Gasteiger partial charge in [0.2, 0.25) is 0 Å². The molecule has 0 saturated heterocycles. The molecule has 3 aromatic carbocycles. The predicted molar refractivity (Wildman–Crippen MR) is 109 cm³/mol. The Morgan fingerprint density at radius 2 is 1.68 bits per heavy atom. The van der Waals surface area contributed by atoms with Crippen LogP contribution in [-0.2, 0) is 27.4 Å². The number of aryl methyl sites for hydroxylation is 1. The van der Waals surface area contributed by atoms with E-state index < -0.39 is 23.3 Å². The standard InChI is InChI=1S/C21H21NO5S/c1-15-11-12-19(18-10-6-5-9-17(15)18)22(28(25)26)20(21(23)24)14-27-13-16-7-3-2-4-8-16/h2-12,20H,13-14H2,1H3,(H,23,24)(H,25,26). The molecule has 0 amide bonds. The zero-order chi connectivity index (χ0) is 20.1. The van der Waals surface area contributed by atoms with Gasteiger partial charge in [-0.2, -0.15) is 0 Å². The summed E-state index contributed by atoms with van der Waals surface area (Å²) in [5.74, 6) is -1.24. The highest BCUT2D eigenvalue weighted by Gasteiger charge is 2.31. The largest absolute Gasteiger partial charge is 0.480 e. The van der Waals surface area contributed by atoms with Crippen molar-refractivity contribution in [3.63, 3.8) is 0 Å². The summed E-state index contributed by atoms with van der Waals surface area (Å²) in [6, 6.07) is 18.9. The van der Waals surface area contributed by atoms with Gasteiger partial charge in [0.05, 0.1) is 18.9 Å². The van der Waals surface area contributed by atoms with Crippen molar-refractivity contribution in [1.82, 2.24) is 0 Å². The van der Waals surface area contributed by atoms with Crippen molar-refractivity contribution < 1.29 is 23.4 Å². The zero-order valence-corrected chi connectivity index (χ0v) is 16.1. The molecule has 0 aliphatic carbocycles. The van der Waals surface area contributed by atoms with Gasteiger partial charge in [-0.1, -0.05) is 60.7 Å². The molecule has 28 heavy (non-hydrogen) atoms. The monoisotopic (exact) mass is 399 g/mol. The molecule has 0 aliphatic rings. The summed E-state index contributed by atoms with van der Waals surface area (Å²) in [4.78, 5) is 11.9. The average molecular weight is 399 g/mol. The first-order chi connectivity index (χ1) is 13.5. The van der Waals surface area contributed by atoms with Crippen LogP contribution >= 0.6 is 0 Å². The number of rotatable bonds is 8. The van der Waals surface area contributed by atoms with Gasteiger partial charge in [-0.15, -0.1) is 0 Å². The molecule has 6 nitrogen and oxygen atoms in total. The fraction of sp³-hybridized carbons (Fsp3) is 0.190. The minimum Gasteiger partial charge on any atom is -0.480 e. The van der Waals surface area contributed by atoms with Crippen LogP contribution in [-0.4, -0.2) is 32.5 Å². The third-order valence-electron chi connectivity index (χ3n) is 4.48. The first-order valence-electron chi connectivity index (χ1n) is 8.72. The third kappa shape index (κ3) is 4.39. The first-order valence-corrected chi connectivity index (χ1v) is 9.78. The molecule has 3 aromatic rings. The van der Waals surface area contributed by atoms with Crippen molar-refractivity contribution in [2.45, 2.75) is 19.6 Å². The molecule has 2 unspecified atom stereocenters. The van der Waals surface area contributed by atoms with Gasteiger partial charge in [-0.3, -0.25) is 8.86 Å². The van der Waals surface area contributed by atoms with E-state index in [1.165, 1.54) is 0 Å². The molecule has 7 heteroatoms. The highest BCUT2D eigenvalue weighted by Crippen LogP contribution is 2.31. The van der Waals surface area contributed by atoms with Crippen LogP contribution in [0.3, 0.4) is 0 Å². The fourth-order valence-electron chi connectivity index (χ4n) is 3.09. The van der Waals surface area contributed by atoms with Gasteiger partial charge in [-0.25, -0.2) is 9.00 Å². The van der Waals surface area contributed by atoms with E-state index in [4.69, 9.17) is 4.74 Å². The molecular weight excluding hydrogens is 378 g/mol. The van der Waals surface area contributed by atoms with Gasteiger partial charge in [-0.05, 0) is 29.5 Å². The number of hydrogen-bond acceptors (Lipinski definition) is 3. The lowest BCUT2D eigenvalue weighted by Crippen LogP contribution is -2.45. The quantitative estimate of drug-likeness (QED) is 0.563. The smallest absolute Gasteiger partial charge is 0.329 e. The van der Waals surface area contributed by atoms with Crippen LogP contribution in [0, 0.1) is 6.92 Å². The van der Waals surface area contributed by atoms with Crippen molar-refractivity contribution in [3.8, 4) is 0 Å². The van der Waals surface area contributed by atoms with Crippen LogP contribution in [0.1, 0.15) is 11.1 Å². The number of nitrogens with zero attached hydrogens (tertiary/aromatic N) is 1. The fourth-order valence-corrected chi connectivity index (χ4v) is 3.79. The van der Waals surface area contributed by atoms with Gasteiger partial charge in [0.1, 0.15) is 0 Å². The lowest BCUT2D eigenvalue weighted by atomic mass is 10.0. The van der Waals surface area contributed by atoms with E-state index in [1.807, 2.05) is 55.5 Å². The number of carbonyl (C=O) groups is 1. The van der Waals surface area contributed by atoms with Crippen LogP contribution < -0.4 is 4.31 Å². The summed E-state index contributed by atoms with van der Waals surface area (Å²) in [5.41, 5.74) is 2.26. The molecule has 2 N–H and O–H groups in total. The number of carboxylic acid groups (broad SMARTS) is 1. The van der Waals surface area contributed by atoms with E-state index in [-0.39, 0.29) is 13.2 Å². The summed E-state index contributed by atoms with van der Waals surface area (Å²) in [5, 5.41) is 11.3. The molecule has 0 aromatic heterocycles. The van der Waals surface area contributed by atoms with Crippen molar-refractivity contribution in [2.75, 3.05) is 10.9 Å². The van der Waals surface area contributed by atoms with Gasteiger partial charge in [0.15, 0.2) is 6.04 Å². The zero-order valence-electron chi connectivity index (χ0n) is 15.3. The Bertz CT molecular complexity index is 993. The summed E-state index contributed by atoms with van der Waals surface area (Å²) < 4.78 is 28.6. The van der Waals surface area contributed by atoms with Crippen molar-refractivity contribution in [1.29, 1.82) is 0 Å². The SMILES string of the molecule is Cc1ccc(N(C(COCc2ccccc2)C(=O)O)S(=O)O)c2ccccc12. The highest BCUT2D eigenvalue weighted by molar-refractivity contribution is 7.80. The lowest BCUT2D eigenvalue weighted by molar-refractivity contribution is -0.139. The van der Waals surface area contributed by atoms with Gasteiger partial charge < -0.3 is 9.84 Å². The van der Waals surface area contributed by atoms with E-state index in [0.717, 1.165) is 20.8 Å². The Morgan fingerprint density at radius 1 is 1.04 bits per heavy atom. The molecule has 3 rings (SSSR count). The molecule has 0 bridgehead atoms. The van der Waals surface area contributed by atoms with Crippen LogP contribution in [0.15, 0.2) is 66.7 Å². The topological polar surface area (TPSA) is 87.1 Å². The van der Waals surface area contributed by atoms with Crippen LogP contribution in [0.25, 0.3) is 10.8 Å². The van der Waals surface area contributed by atoms with Gasteiger partial charge in [0.25, 0.3) is 11.3 Å². The minimum atomic E-state index is -2.54. The summed E-state index contributed by atoms with van der Waals surface area (Å²) in [7, 11) is 0. The number of aliphatic carboxylic acids is 1. The maximum atomic E-state index is 12.1. The Morgan fingerprint density at radius 3 is 2.32 bits per heavy atom. The second-order valence-corrected chi connectivity index (χ2v) is 7.21. The molecule has 146 valence electrons. The molecule has 0 heterocycles. The molecule has 0 saturated carbocycles. The molecule has 0 spiro atoms. The maximum absolute atomic E-state index is 12.1. The molecule has 0 radical (unpaired) electrons. The van der Waals surface area contributed by atoms with E-state index in [9.17, 15) is 18.7 Å².